The molecule has 1 fully saturated rings. The van der Waals surface area contributed by atoms with Crippen LogP contribution in [0.25, 0.3) is 0 Å². The molecule has 7 heteroatoms. The van der Waals surface area contributed by atoms with E-state index in [9.17, 15) is 18.0 Å². The highest BCUT2D eigenvalue weighted by Crippen LogP contribution is 2.29. The van der Waals surface area contributed by atoms with E-state index < -0.39 is 11.7 Å². The Balaban J connectivity index is 1.42. The number of amides is 2. The Morgan fingerprint density at radius 3 is 2.39 bits per heavy atom. The number of likely N-dealkylation sites (tertiary alicyclic amines) is 1. The lowest BCUT2D eigenvalue weighted by atomic mass is 10.1. The van der Waals surface area contributed by atoms with Gasteiger partial charge in [-0.3, -0.25) is 0 Å². The highest BCUT2D eigenvalue weighted by Gasteiger charge is 2.30. The van der Waals surface area contributed by atoms with Crippen LogP contribution in [0.2, 0.25) is 0 Å². The molecule has 1 N–H and O–H groups in total. The van der Waals surface area contributed by atoms with E-state index in [4.69, 9.17) is 4.74 Å². The van der Waals surface area contributed by atoms with Crippen LogP contribution in [-0.4, -0.2) is 30.1 Å². The first-order valence-corrected chi connectivity index (χ1v) is 9.26. The van der Waals surface area contributed by atoms with E-state index in [1.807, 2.05) is 30.3 Å². The first-order valence-electron chi connectivity index (χ1n) is 9.26. The van der Waals surface area contributed by atoms with Crippen LogP contribution in [0.4, 0.5) is 18.0 Å². The van der Waals surface area contributed by atoms with E-state index in [0.29, 0.717) is 25.3 Å². The van der Waals surface area contributed by atoms with Gasteiger partial charge < -0.3 is 15.0 Å². The summed E-state index contributed by atoms with van der Waals surface area (Å²) >= 11 is 0. The van der Waals surface area contributed by atoms with Crippen molar-refractivity contribution in [1.82, 2.24) is 10.2 Å². The van der Waals surface area contributed by atoms with Crippen molar-refractivity contribution in [2.45, 2.75) is 38.3 Å². The van der Waals surface area contributed by atoms with E-state index in [-0.39, 0.29) is 18.7 Å². The standard InChI is InChI=1S/C21H23F3N2O2/c22-21(23,24)18-8-4-7-17(13-18)14-25-20(27)26-11-9-19(10-12-26)28-15-16-5-2-1-3-6-16/h1-8,13,19H,9-12,14-15H2,(H,25,27). The fourth-order valence-electron chi connectivity index (χ4n) is 3.16. The highest BCUT2D eigenvalue weighted by molar-refractivity contribution is 5.74. The zero-order valence-corrected chi connectivity index (χ0v) is 15.4. The summed E-state index contributed by atoms with van der Waals surface area (Å²) in [5, 5.41) is 2.70. The lowest BCUT2D eigenvalue weighted by Gasteiger charge is -2.32. The second-order valence-corrected chi connectivity index (χ2v) is 6.84. The molecule has 1 saturated heterocycles. The molecule has 3 rings (SSSR count). The summed E-state index contributed by atoms with van der Waals surface area (Å²) < 4.78 is 44.2. The van der Waals surface area contributed by atoms with Crippen LogP contribution >= 0.6 is 0 Å². The Kier molecular flexibility index (Phi) is 6.57. The molecule has 2 amide bonds. The van der Waals surface area contributed by atoms with Crippen LogP contribution < -0.4 is 5.32 Å². The van der Waals surface area contributed by atoms with E-state index >= 15 is 0 Å². The second-order valence-electron chi connectivity index (χ2n) is 6.84. The molecule has 2 aromatic rings. The van der Waals surface area contributed by atoms with Crippen molar-refractivity contribution in [3.8, 4) is 0 Å². The Bertz CT molecular complexity index is 773. The average molecular weight is 392 g/mol. The quantitative estimate of drug-likeness (QED) is 0.808. The normalized spacial score (nSPS) is 15.5. The van der Waals surface area contributed by atoms with Crippen LogP contribution in [0.5, 0.6) is 0 Å². The fraction of sp³-hybridized carbons (Fsp3) is 0.381. The fourth-order valence-corrected chi connectivity index (χ4v) is 3.16. The van der Waals surface area contributed by atoms with Gasteiger partial charge in [-0.2, -0.15) is 13.2 Å². The molecule has 0 saturated carbocycles. The molecule has 1 aliphatic heterocycles. The number of carbonyl (C=O) groups excluding carboxylic acids is 1. The third kappa shape index (κ3) is 5.73. The van der Waals surface area contributed by atoms with Crippen LogP contribution in [0, 0.1) is 0 Å². The van der Waals surface area contributed by atoms with Crippen LogP contribution in [0.15, 0.2) is 54.6 Å². The van der Waals surface area contributed by atoms with Crippen molar-refractivity contribution < 1.29 is 22.7 Å². The van der Waals surface area contributed by atoms with Crippen LogP contribution in [0.3, 0.4) is 0 Å². The summed E-state index contributed by atoms with van der Waals surface area (Å²) in [6.45, 7) is 1.74. The molecule has 1 heterocycles. The number of rotatable bonds is 5. The predicted octanol–water partition coefficient (Wildman–Crippen LogP) is 4.60. The van der Waals surface area contributed by atoms with Gasteiger partial charge in [-0.1, -0.05) is 42.5 Å². The molecular weight excluding hydrogens is 369 g/mol. The van der Waals surface area contributed by atoms with E-state index in [2.05, 4.69) is 5.32 Å². The largest absolute Gasteiger partial charge is 0.416 e. The summed E-state index contributed by atoms with van der Waals surface area (Å²) in [5.74, 6) is 0. The molecule has 2 aromatic carbocycles. The summed E-state index contributed by atoms with van der Waals surface area (Å²) in [6.07, 6.45) is -2.80. The number of hydrogen-bond donors (Lipinski definition) is 1. The highest BCUT2D eigenvalue weighted by atomic mass is 19.4. The molecule has 4 nitrogen and oxygen atoms in total. The topological polar surface area (TPSA) is 41.6 Å². The Labute approximate surface area is 162 Å². The van der Waals surface area contributed by atoms with Crippen LogP contribution in [0.1, 0.15) is 29.5 Å². The molecule has 0 bridgehead atoms. The summed E-state index contributed by atoms with van der Waals surface area (Å²) in [7, 11) is 0. The number of halogens is 3. The Morgan fingerprint density at radius 1 is 1.04 bits per heavy atom. The second kappa shape index (κ2) is 9.10. The third-order valence-electron chi connectivity index (χ3n) is 4.76. The monoisotopic (exact) mass is 392 g/mol. The molecule has 0 unspecified atom stereocenters. The minimum atomic E-state index is -4.39. The molecule has 0 aliphatic carbocycles. The van der Waals surface area contributed by atoms with Crippen molar-refractivity contribution in [3.05, 3.63) is 71.3 Å². The molecular formula is C21H23F3N2O2. The summed E-state index contributed by atoms with van der Waals surface area (Å²) in [5.41, 5.74) is 0.823. The SMILES string of the molecule is O=C(NCc1cccc(C(F)(F)F)c1)N1CCC(OCc2ccccc2)CC1. The maximum atomic E-state index is 12.8. The Hall–Kier alpha value is -2.54. The van der Waals surface area contributed by atoms with Gasteiger partial charge in [-0.15, -0.1) is 0 Å². The number of piperidine rings is 1. The van der Waals surface area contributed by atoms with Gasteiger partial charge in [-0.05, 0) is 36.1 Å². The van der Waals surface area contributed by atoms with Crippen molar-refractivity contribution in [1.29, 1.82) is 0 Å². The van der Waals surface area contributed by atoms with Gasteiger partial charge in [0.25, 0.3) is 0 Å². The number of alkyl halides is 3. The van der Waals surface area contributed by atoms with Crippen molar-refractivity contribution in [3.63, 3.8) is 0 Å². The van der Waals surface area contributed by atoms with Crippen molar-refractivity contribution in [2.24, 2.45) is 0 Å². The predicted molar refractivity (Wildman–Crippen MR) is 99.5 cm³/mol. The minimum absolute atomic E-state index is 0.0627. The maximum absolute atomic E-state index is 12.8. The first kappa shape index (κ1) is 20.2. The van der Waals surface area contributed by atoms with E-state index in [0.717, 1.165) is 30.5 Å². The van der Waals surface area contributed by atoms with Gasteiger partial charge in [0.1, 0.15) is 0 Å². The maximum Gasteiger partial charge on any atom is 0.416 e. The zero-order chi connectivity index (χ0) is 20.0. The summed E-state index contributed by atoms with van der Waals surface area (Å²) in [4.78, 5) is 14.0. The molecule has 28 heavy (non-hydrogen) atoms. The van der Waals surface area contributed by atoms with Gasteiger partial charge in [0, 0.05) is 19.6 Å². The number of benzene rings is 2. The lowest BCUT2D eigenvalue weighted by molar-refractivity contribution is -0.137. The third-order valence-corrected chi connectivity index (χ3v) is 4.76. The molecule has 0 aromatic heterocycles. The molecule has 0 radical (unpaired) electrons. The van der Waals surface area contributed by atoms with Gasteiger partial charge in [-0.25, -0.2) is 4.79 Å². The smallest absolute Gasteiger partial charge is 0.373 e. The number of nitrogens with zero attached hydrogens (tertiary/aromatic N) is 1. The number of urea groups is 1. The molecule has 1 aliphatic rings. The number of nitrogens with one attached hydrogen (secondary N) is 1. The van der Waals surface area contributed by atoms with Gasteiger partial charge >= 0.3 is 12.2 Å². The Morgan fingerprint density at radius 2 is 1.71 bits per heavy atom. The van der Waals surface area contributed by atoms with Gasteiger partial charge in [0.15, 0.2) is 0 Å². The van der Waals surface area contributed by atoms with E-state index in [1.165, 1.54) is 6.07 Å². The lowest BCUT2D eigenvalue weighted by Crippen LogP contribution is -2.45. The molecule has 150 valence electrons. The van der Waals surface area contributed by atoms with Crippen LogP contribution in [-0.2, 0) is 24.1 Å². The zero-order valence-electron chi connectivity index (χ0n) is 15.4. The average Bonchev–Trinajstić information content (AvgIpc) is 2.71. The molecule has 0 atom stereocenters. The van der Waals surface area contributed by atoms with Crippen molar-refractivity contribution >= 4 is 6.03 Å². The van der Waals surface area contributed by atoms with E-state index in [1.54, 1.807) is 11.0 Å². The summed E-state index contributed by atoms with van der Waals surface area (Å²) in [6, 6.07) is 14.6. The van der Waals surface area contributed by atoms with Gasteiger partial charge in [0.05, 0.1) is 18.3 Å². The molecule has 0 spiro atoms. The van der Waals surface area contributed by atoms with Gasteiger partial charge in [0.2, 0.25) is 0 Å². The first-order chi connectivity index (χ1) is 13.4. The number of hydrogen-bond acceptors (Lipinski definition) is 2. The minimum Gasteiger partial charge on any atom is -0.373 e. The number of ether oxygens (including phenoxy) is 1. The number of carbonyl (C=O) groups is 1. The van der Waals surface area contributed by atoms with Crippen molar-refractivity contribution in [2.75, 3.05) is 13.1 Å².